The van der Waals surface area contributed by atoms with Crippen LogP contribution in [0.25, 0.3) is 10.8 Å². The molecule has 0 heterocycles. The highest BCUT2D eigenvalue weighted by molar-refractivity contribution is 5.95. The Balaban J connectivity index is 1.69. The maximum Gasteiger partial charge on any atom is 0.269 e. The molecule has 0 saturated heterocycles. The van der Waals surface area contributed by atoms with Crippen LogP contribution in [0, 0.1) is 17.0 Å². The number of nitro benzene ring substituents is 1. The fourth-order valence-corrected chi connectivity index (χ4v) is 2.81. The molecule has 0 aliphatic rings. The molecule has 6 nitrogen and oxygen atoms in total. The van der Waals surface area contributed by atoms with Gasteiger partial charge in [-0.15, -0.1) is 0 Å². The van der Waals surface area contributed by atoms with Crippen molar-refractivity contribution in [1.29, 1.82) is 0 Å². The van der Waals surface area contributed by atoms with Crippen molar-refractivity contribution in [2.75, 3.05) is 23.8 Å². The number of nitrogens with one attached hydrogen (secondary N) is 1. The van der Waals surface area contributed by atoms with Gasteiger partial charge in [0.15, 0.2) is 0 Å². The van der Waals surface area contributed by atoms with E-state index in [-0.39, 0.29) is 18.1 Å². The summed E-state index contributed by atoms with van der Waals surface area (Å²) < 4.78 is 0. The number of nitrogens with zero attached hydrogens (tertiary/aromatic N) is 2. The lowest BCUT2D eigenvalue weighted by atomic mass is 10.1. The summed E-state index contributed by atoms with van der Waals surface area (Å²) in [6.45, 7) is 1.91. The number of amides is 1. The SMILES string of the molecule is Cc1cc([N+](=O)[O-])ccc1NC(=O)CN(C)c1ccc2ccccc2c1. The van der Waals surface area contributed by atoms with E-state index in [4.69, 9.17) is 0 Å². The lowest BCUT2D eigenvalue weighted by Gasteiger charge is -2.19. The van der Waals surface area contributed by atoms with E-state index in [9.17, 15) is 14.9 Å². The van der Waals surface area contributed by atoms with Gasteiger partial charge in [-0.3, -0.25) is 14.9 Å². The van der Waals surface area contributed by atoms with Gasteiger partial charge >= 0.3 is 0 Å². The molecule has 0 bridgehead atoms. The van der Waals surface area contributed by atoms with Gasteiger partial charge in [0.1, 0.15) is 0 Å². The van der Waals surface area contributed by atoms with Crippen molar-refractivity contribution in [3.05, 3.63) is 76.3 Å². The maximum atomic E-state index is 12.3. The van der Waals surface area contributed by atoms with Gasteiger partial charge in [0.05, 0.1) is 11.5 Å². The van der Waals surface area contributed by atoms with E-state index in [1.165, 1.54) is 12.1 Å². The monoisotopic (exact) mass is 349 g/mol. The molecule has 6 heteroatoms. The highest BCUT2D eigenvalue weighted by atomic mass is 16.6. The van der Waals surface area contributed by atoms with E-state index in [1.807, 2.05) is 54.4 Å². The number of nitro groups is 1. The molecule has 3 rings (SSSR count). The number of carbonyl (C=O) groups excluding carboxylic acids is 1. The Morgan fingerprint density at radius 2 is 1.81 bits per heavy atom. The summed E-state index contributed by atoms with van der Waals surface area (Å²) in [4.78, 5) is 24.5. The number of benzene rings is 3. The molecule has 0 spiro atoms. The number of anilines is 2. The van der Waals surface area contributed by atoms with Crippen molar-refractivity contribution in [3.8, 4) is 0 Å². The third-order valence-corrected chi connectivity index (χ3v) is 4.25. The second kappa shape index (κ2) is 7.23. The van der Waals surface area contributed by atoms with Crippen molar-refractivity contribution in [1.82, 2.24) is 0 Å². The minimum absolute atomic E-state index is 0.00813. The van der Waals surface area contributed by atoms with Crippen LogP contribution >= 0.6 is 0 Å². The van der Waals surface area contributed by atoms with Crippen LogP contribution in [0.15, 0.2) is 60.7 Å². The van der Waals surface area contributed by atoms with Gasteiger partial charge in [-0.25, -0.2) is 0 Å². The summed E-state index contributed by atoms with van der Waals surface area (Å²) in [5, 5.41) is 15.9. The first-order valence-corrected chi connectivity index (χ1v) is 8.19. The number of hydrogen-bond donors (Lipinski definition) is 1. The van der Waals surface area contributed by atoms with E-state index in [2.05, 4.69) is 5.32 Å². The van der Waals surface area contributed by atoms with E-state index in [0.29, 0.717) is 11.3 Å². The summed E-state index contributed by atoms with van der Waals surface area (Å²) in [6.07, 6.45) is 0. The first-order chi connectivity index (χ1) is 12.4. The zero-order valence-corrected chi connectivity index (χ0v) is 14.6. The molecular formula is C20H19N3O3. The molecule has 0 radical (unpaired) electrons. The molecule has 1 amide bonds. The number of hydrogen-bond acceptors (Lipinski definition) is 4. The van der Waals surface area contributed by atoms with Crippen molar-refractivity contribution in [2.45, 2.75) is 6.92 Å². The van der Waals surface area contributed by atoms with Gasteiger partial charge in [0.2, 0.25) is 5.91 Å². The molecule has 26 heavy (non-hydrogen) atoms. The van der Waals surface area contributed by atoms with Crippen LogP contribution in [0.4, 0.5) is 17.1 Å². The van der Waals surface area contributed by atoms with Crippen molar-refractivity contribution < 1.29 is 9.72 Å². The second-order valence-corrected chi connectivity index (χ2v) is 6.19. The molecule has 0 saturated carbocycles. The normalized spacial score (nSPS) is 10.5. The zero-order chi connectivity index (χ0) is 18.7. The van der Waals surface area contributed by atoms with Gasteiger partial charge in [-0.1, -0.05) is 30.3 Å². The fourth-order valence-electron chi connectivity index (χ4n) is 2.81. The first kappa shape index (κ1) is 17.4. The van der Waals surface area contributed by atoms with Crippen molar-refractivity contribution >= 4 is 33.7 Å². The third kappa shape index (κ3) is 3.80. The number of rotatable bonds is 5. The zero-order valence-electron chi connectivity index (χ0n) is 14.6. The maximum absolute atomic E-state index is 12.3. The number of likely N-dealkylation sites (N-methyl/N-ethyl adjacent to an activating group) is 1. The molecule has 132 valence electrons. The number of non-ortho nitro benzene ring substituents is 1. The summed E-state index contributed by atoms with van der Waals surface area (Å²) in [7, 11) is 1.85. The summed E-state index contributed by atoms with van der Waals surface area (Å²) in [6, 6.07) is 18.5. The van der Waals surface area contributed by atoms with Crippen LogP contribution in [-0.2, 0) is 4.79 Å². The largest absolute Gasteiger partial charge is 0.365 e. The summed E-state index contributed by atoms with van der Waals surface area (Å²) in [5.41, 5.74) is 2.18. The minimum Gasteiger partial charge on any atom is -0.365 e. The lowest BCUT2D eigenvalue weighted by molar-refractivity contribution is -0.384. The van der Waals surface area contributed by atoms with E-state index in [1.54, 1.807) is 13.0 Å². The standard InChI is InChI=1S/C20H19N3O3/c1-14-11-18(23(25)26)9-10-19(14)21-20(24)13-22(2)17-8-7-15-5-3-4-6-16(15)12-17/h3-12H,13H2,1-2H3,(H,21,24). The van der Waals surface area contributed by atoms with Gasteiger partial charge in [0.25, 0.3) is 5.69 Å². The Bertz CT molecular complexity index is 985. The van der Waals surface area contributed by atoms with Gasteiger partial charge in [0, 0.05) is 30.6 Å². The van der Waals surface area contributed by atoms with Crippen LogP contribution in [0.1, 0.15) is 5.56 Å². The van der Waals surface area contributed by atoms with E-state index in [0.717, 1.165) is 16.5 Å². The Kier molecular flexibility index (Phi) is 4.84. The topological polar surface area (TPSA) is 75.5 Å². The quantitative estimate of drug-likeness (QED) is 0.555. The average Bonchev–Trinajstić information content (AvgIpc) is 2.62. The second-order valence-electron chi connectivity index (χ2n) is 6.19. The molecule has 0 aromatic heterocycles. The van der Waals surface area contributed by atoms with Crippen LogP contribution in [0.2, 0.25) is 0 Å². The van der Waals surface area contributed by atoms with Crippen molar-refractivity contribution in [2.24, 2.45) is 0 Å². The van der Waals surface area contributed by atoms with Crippen LogP contribution in [0.3, 0.4) is 0 Å². The fraction of sp³-hybridized carbons (Fsp3) is 0.150. The van der Waals surface area contributed by atoms with E-state index >= 15 is 0 Å². The predicted octanol–water partition coefficient (Wildman–Crippen LogP) is 4.13. The molecule has 0 aliphatic carbocycles. The molecule has 3 aromatic carbocycles. The van der Waals surface area contributed by atoms with Gasteiger partial charge in [-0.05, 0) is 41.5 Å². The molecule has 0 unspecified atom stereocenters. The highest BCUT2D eigenvalue weighted by Gasteiger charge is 2.12. The molecule has 3 aromatic rings. The predicted molar refractivity (Wildman–Crippen MR) is 104 cm³/mol. The molecule has 0 aliphatic heterocycles. The summed E-state index contributed by atoms with van der Waals surface area (Å²) in [5.74, 6) is -0.183. The minimum atomic E-state index is -0.452. The Hall–Kier alpha value is -3.41. The first-order valence-electron chi connectivity index (χ1n) is 8.19. The smallest absolute Gasteiger partial charge is 0.269 e. The molecule has 0 fully saturated rings. The lowest BCUT2D eigenvalue weighted by Crippen LogP contribution is -2.30. The Labute approximate surface area is 151 Å². The highest BCUT2D eigenvalue weighted by Crippen LogP contribution is 2.23. The molecular weight excluding hydrogens is 330 g/mol. The van der Waals surface area contributed by atoms with Gasteiger partial charge < -0.3 is 10.2 Å². The number of fused-ring (bicyclic) bond motifs is 1. The number of aryl methyl sites for hydroxylation is 1. The third-order valence-electron chi connectivity index (χ3n) is 4.25. The van der Waals surface area contributed by atoms with Crippen LogP contribution in [0.5, 0.6) is 0 Å². The van der Waals surface area contributed by atoms with Crippen molar-refractivity contribution in [3.63, 3.8) is 0 Å². The summed E-state index contributed by atoms with van der Waals surface area (Å²) >= 11 is 0. The van der Waals surface area contributed by atoms with Crippen LogP contribution in [-0.4, -0.2) is 24.4 Å². The van der Waals surface area contributed by atoms with Crippen LogP contribution < -0.4 is 10.2 Å². The van der Waals surface area contributed by atoms with Gasteiger partial charge in [-0.2, -0.15) is 0 Å². The molecule has 1 N–H and O–H groups in total. The molecule has 0 atom stereocenters. The Morgan fingerprint density at radius 1 is 1.08 bits per heavy atom. The average molecular weight is 349 g/mol. The van der Waals surface area contributed by atoms with E-state index < -0.39 is 4.92 Å². The number of carbonyl (C=O) groups is 1. The Morgan fingerprint density at radius 3 is 2.50 bits per heavy atom.